The van der Waals surface area contributed by atoms with E-state index in [0.717, 1.165) is 47.7 Å². The fraction of sp³-hybridized carbons (Fsp3) is 0.286. The lowest BCUT2D eigenvalue weighted by molar-refractivity contribution is -0.117. The van der Waals surface area contributed by atoms with Gasteiger partial charge in [-0.15, -0.1) is 0 Å². The molecule has 1 aliphatic rings. The lowest BCUT2D eigenvalue weighted by atomic mass is 10.1. The number of unbranched alkanes of at least 4 members (excludes halogenated alkanes) is 1. The number of aryl methyl sites for hydroxylation is 1. The van der Waals surface area contributed by atoms with Gasteiger partial charge in [0, 0.05) is 30.5 Å². The van der Waals surface area contributed by atoms with E-state index in [9.17, 15) is 4.79 Å². The second-order valence-corrected chi connectivity index (χ2v) is 9.13. The highest BCUT2D eigenvalue weighted by molar-refractivity contribution is 6.30. The topological polar surface area (TPSA) is 56.6 Å². The van der Waals surface area contributed by atoms with Gasteiger partial charge in [-0.2, -0.15) is 0 Å². The fourth-order valence-electron chi connectivity index (χ4n) is 4.70. The summed E-state index contributed by atoms with van der Waals surface area (Å²) >= 11 is 5.94. The normalized spacial score (nSPS) is 15.7. The Hall–Kier alpha value is -3.51. The van der Waals surface area contributed by atoms with Gasteiger partial charge in [0.25, 0.3) is 0 Å². The molecule has 1 aromatic heterocycles. The van der Waals surface area contributed by atoms with Crippen molar-refractivity contribution in [2.45, 2.75) is 31.7 Å². The molecule has 1 aliphatic heterocycles. The van der Waals surface area contributed by atoms with E-state index in [1.165, 1.54) is 0 Å². The molecule has 1 amide bonds. The van der Waals surface area contributed by atoms with E-state index < -0.39 is 0 Å². The number of ether oxygens (including phenoxy) is 2. The van der Waals surface area contributed by atoms with Crippen LogP contribution in [-0.4, -0.2) is 35.7 Å². The number of carbonyl (C=O) groups excluding carboxylic acids is 1. The third-order valence-electron chi connectivity index (χ3n) is 6.41. The Bertz CT molecular complexity index is 1320. The SMILES string of the molecule is COc1ccccc1N1C[C@@H](c2nc3ccccc3n2CCCCOc2ccc(Cl)cc2)CC1=O. The molecule has 0 saturated carbocycles. The van der Waals surface area contributed by atoms with E-state index in [0.29, 0.717) is 30.3 Å². The zero-order valence-electron chi connectivity index (χ0n) is 19.7. The Labute approximate surface area is 210 Å². The zero-order valence-corrected chi connectivity index (χ0v) is 20.4. The van der Waals surface area contributed by atoms with Crippen LogP contribution < -0.4 is 14.4 Å². The number of amides is 1. The maximum atomic E-state index is 13.0. The molecule has 6 nitrogen and oxygen atoms in total. The predicted molar refractivity (Wildman–Crippen MR) is 139 cm³/mol. The fourth-order valence-corrected chi connectivity index (χ4v) is 4.83. The van der Waals surface area contributed by atoms with E-state index in [4.69, 9.17) is 26.1 Å². The van der Waals surface area contributed by atoms with Gasteiger partial charge in [0.05, 0.1) is 30.4 Å². The van der Waals surface area contributed by atoms with Gasteiger partial charge in [-0.3, -0.25) is 4.79 Å². The molecule has 180 valence electrons. The molecule has 3 aromatic carbocycles. The molecule has 5 rings (SSSR count). The molecule has 0 unspecified atom stereocenters. The van der Waals surface area contributed by atoms with Crippen LogP contribution in [0.1, 0.15) is 31.0 Å². The maximum Gasteiger partial charge on any atom is 0.227 e. The number of nitrogens with zero attached hydrogens (tertiary/aromatic N) is 3. The number of hydrogen-bond donors (Lipinski definition) is 0. The van der Waals surface area contributed by atoms with Gasteiger partial charge in [0.1, 0.15) is 17.3 Å². The number of imidazole rings is 1. The van der Waals surface area contributed by atoms with E-state index in [1.807, 2.05) is 71.6 Å². The number of aromatic nitrogens is 2. The number of para-hydroxylation sites is 4. The van der Waals surface area contributed by atoms with Crippen LogP contribution in [0.3, 0.4) is 0 Å². The third kappa shape index (κ3) is 4.98. The number of hydrogen-bond acceptors (Lipinski definition) is 4. The summed E-state index contributed by atoms with van der Waals surface area (Å²) < 4.78 is 13.6. The first-order chi connectivity index (χ1) is 17.1. The molecule has 0 bridgehead atoms. The first-order valence-electron chi connectivity index (χ1n) is 11.9. The van der Waals surface area contributed by atoms with Gasteiger partial charge < -0.3 is 18.9 Å². The minimum absolute atomic E-state index is 0.0186. The van der Waals surface area contributed by atoms with Gasteiger partial charge in [-0.05, 0) is 61.4 Å². The zero-order chi connectivity index (χ0) is 24.2. The Kier molecular flexibility index (Phi) is 6.91. The van der Waals surface area contributed by atoms with Crippen molar-refractivity contribution in [1.82, 2.24) is 9.55 Å². The lowest BCUT2D eigenvalue weighted by Gasteiger charge is -2.19. The summed E-state index contributed by atoms with van der Waals surface area (Å²) in [5.74, 6) is 2.61. The minimum Gasteiger partial charge on any atom is -0.495 e. The highest BCUT2D eigenvalue weighted by atomic mass is 35.5. The van der Waals surface area contributed by atoms with Crippen LogP contribution in [0.15, 0.2) is 72.8 Å². The molecule has 35 heavy (non-hydrogen) atoms. The molecule has 2 heterocycles. The summed E-state index contributed by atoms with van der Waals surface area (Å²) in [4.78, 5) is 19.8. The molecule has 1 atom stereocenters. The van der Waals surface area contributed by atoms with Crippen molar-refractivity contribution in [3.8, 4) is 11.5 Å². The van der Waals surface area contributed by atoms with Crippen molar-refractivity contribution in [2.24, 2.45) is 0 Å². The monoisotopic (exact) mass is 489 g/mol. The summed E-state index contributed by atoms with van der Waals surface area (Å²) in [6, 6.07) is 23.3. The summed E-state index contributed by atoms with van der Waals surface area (Å²) in [5.41, 5.74) is 2.87. The van der Waals surface area contributed by atoms with Crippen LogP contribution in [0.4, 0.5) is 5.69 Å². The van der Waals surface area contributed by atoms with Gasteiger partial charge in [0.2, 0.25) is 5.91 Å². The molecule has 7 heteroatoms. The van der Waals surface area contributed by atoms with Crippen molar-refractivity contribution in [3.63, 3.8) is 0 Å². The smallest absolute Gasteiger partial charge is 0.227 e. The van der Waals surface area contributed by atoms with Crippen molar-refractivity contribution in [2.75, 3.05) is 25.2 Å². The average Bonchev–Trinajstić information content (AvgIpc) is 3.45. The van der Waals surface area contributed by atoms with Crippen molar-refractivity contribution in [1.29, 1.82) is 0 Å². The van der Waals surface area contributed by atoms with E-state index in [-0.39, 0.29) is 11.8 Å². The number of carbonyl (C=O) groups is 1. The van der Waals surface area contributed by atoms with Gasteiger partial charge >= 0.3 is 0 Å². The second kappa shape index (κ2) is 10.4. The lowest BCUT2D eigenvalue weighted by Crippen LogP contribution is -2.25. The number of benzene rings is 3. The molecule has 0 aliphatic carbocycles. The number of anilines is 1. The molecule has 4 aromatic rings. The Morgan fingerprint density at radius 1 is 1.00 bits per heavy atom. The van der Waals surface area contributed by atoms with Crippen LogP contribution in [0.25, 0.3) is 11.0 Å². The van der Waals surface area contributed by atoms with E-state index >= 15 is 0 Å². The first kappa shape index (κ1) is 23.2. The highest BCUT2D eigenvalue weighted by Gasteiger charge is 2.35. The summed E-state index contributed by atoms with van der Waals surface area (Å²) in [6.07, 6.45) is 2.28. The summed E-state index contributed by atoms with van der Waals surface area (Å²) in [6.45, 7) is 2.04. The highest BCUT2D eigenvalue weighted by Crippen LogP contribution is 2.37. The predicted octanol–water partition coefficient (Wildman–Crippen LogP) is 6.08. The molecule has 0 radical (unpaired) electrons. The van der Waals surface area contributed by atoms with Crippen LogP contribution in [0, 0.1) is 0 Å². The summed E-state index contributed by atoms with van der Waals surface area (Å²) in [7, 11) is 1.63. The van der Waals surface area contributed by atoms with Crippen LogP contribution in [0.2, 0.25) is 5.02 Å². The molecule has 1 fully saturated rings. The molecule has 0 N–H and O–H groups in total. The van der Waals surface area contributed by atoms with Gasteiger partial charge in [0.15, 0.2) is 0 Å². The number of fused-ring (bicyclic) bond motifs is 1. The molecule has 0 spiro atoms. The van der Waals surface area contributed by atoms with Gasteiger partial charge in [-0.25, -0.2) is 4.98 Å². The average molecular weight is 490 g/mol. The van der Waals surface area contributed by atoms with Crippen molar-refractivity contribution < 1.29 is 14.3 Å². The minimum atomic E-state index is 0.0186. The van der Waals surface area contributed by atoms with Crippen LogP contribution in [0.5, 0.6) is 11.5 Å². The Morgan fingerprint density at radius 3 is 2.60 bits per heavy atom. The molecular formula is C28H28ClN3O3. The van der Waals surface area contributed by atoms with Gasteiger partial charge in [-0.1, -0.05) is 35.9 Å². The van der Waals surface area contributed by atoms with Crippen LogP contribution >= 0.6 is 11.6 Å². The summed E-state index contributed by atoms with van der Waals surface area (Å²) in [5, 5.41) is 0.700. The second-order valence-electron chi connectivity index (χ2n) is 8.70. The molecule has 1 saturated heterocycles. The van der Waals surface area contributed by atoms with Crippen molar-refractivity contribution >= 4 is 34.2 Å². The number of halogens is 1. The van der Waals surface area contributed by atoms with E-state index in [1.54, 1.807) is 7.11 Å². The third-order valence-corrected chi connectivity index (χ3v) is 6.66. The Morgan fingerprint density at radius 2 is 1.77 bits per heavy atom. The standard InChI is InChI=1S/C28H28ClN3O3/c1-34-26-11-5-4-10-25(26)32-19-20(18-27(32)33)28-30-23-8-2-3-9-24(23)31(28)16-6-7-17-35-22-14-12-21(29)13-15-22/h2-5,8-15,20H,6-7,16-19H2,1H3/t20-/m0/s1. The van der Waals surface area contributed by atoms with E-state index in [2.05, 4.69) is 10.6 Å². The number of rotatable bonds is 9. The number of methoxy groups -OCH3 is 1. The quantitative estimate of drug-likeness (QED) is 0.267. The maximum absolute atomic E-state index is 13.0. The van der Waals surface area contributed by atoms with Crippen LogP contribution in [-0.2, 0) is 11.3 Å². The first-order valence-corrected chi connectivity index (χ1v) is 12.3. The largest absolute Gasteiger partial charge is 0.495 e. The molecular weight excluding hydrogens is 462 g/mol. The van der Waals surface area contributed by atoms with Crippen molar-refractivity contribution in [3.05, 3.63) is 83.6 Å². The Balaban J connectivity index is 1.30.